The Morgan fingerprint density at radius 2 is 2.36 bits per heavy atom. The number of fused-ring (bicyclic) bond motifs is 1. The molecule has 0 amide bonds. The number of aliphatic imine (C=N–C) groups is 1. The Bertz CT molecular complexity index is 311. The molecule has 1 heterocycles. The van der Waals surface area contributed by atoms with Crippen molar-refractivity contribution < 1.29 is 4.84 Å². The Labute approximate surface area is 72.2 Å². The van der Waals surface area contributed by atoms with Crippen molar-refractivity contribution in [2.24, 2.45) is 4.99 Å². The second-order valence-corrected chi connectivity index (χ2v) is 3.01. The fourth-order valence-electron chi connectivity index (χ4n) is 0.862. The average Bonchev–Trinajstić information content (AvgIpc) is 2.04. The van der Waals surface area contributed by atoms with Crippen LogP contribution in [0.2, 0.25) is 0 Å². The highest BCUT2D eigenvalue weighted by molar-refractivity contribution is 9.10. The number of hydroxylamine groups is 1. The first-order valence-electron chi connectivity index (χ1n) is 3.11. The van der Waals surface area contributed by atoms with Crippen molar-refractivity contribution in [3.63, 3.8) is 0 Å². The highest BCUT2D eigenvalue weighted by Gasteiger charge is 2.05. The molecule has 1 N–H and O–H groups in total. The lowest BCUT2D eigenvalue weighted by atomic mass is 10.3. The standard InChI is InChI=1S/C7H5BrN2O/c8-5-1-2-6-7(3-5)11-10-4-9-6/h1-4H,(H,9,10). The third-order valence-electron chi connectivity index (χ3n) is 1.35. The lowest BCUT2D eigenvalue weighted by Crippen LogP contribution is -2.18. The van der Waals surface area contributed by atoms with Gasteiger partial charge in [-0.15, -0.1) is 0 Å². The van der Waals surface area contributed by atoms with E-state index in [1.165, 1.54) is 6.34 Å². The Morgan fingerprint density at radius 3 is 3.27 bits per heavy atom. The first kappa shape index (κ1) is 6.67. The number of nitrogens with one attached hydrogen (secondary N) is 1. The molecule has 0 saturated heterocycles. The van der Waals surface area contributed by atoms with E-state index in [2.05, 4.69) is 26.4 Å². The zero-order chi connectivity index (χ0) is 7.68. The second-order valence-electron chi connectivity index (χ2n) is 2.09. The van der Waals surface area contributed by atoms with Crippen molar-refractivity contribution in [1.29, 1.82) is 0 Å². The smallest absolute Gasteiger partial charge is 0.181 e. The van der Waals surface area contributed by atoms with Crippen LogP contribution >= 0.6 is 15.9 Å². The molecule has 3 nitrogen and oxygen atoms in total. The molecule has 0 aromatic heterocycles. The summed E-state index contributed by atoms with van der Waals surface area (Å²) >= 11 is 3.33. The molecule has 0 radical (unpaired) electrons. The van der Waals surface area contributed by atoms with Crippen LogP contribution in [0.15, 0.2) is 27.7 Å². The van der Waals surface area contributed by atoms with Gasteiger partial charge in [0, 0.05) is 4.47 Å². The molecule has 0 saturated carbocycles. The molecule has 1 aromatic carbocycles. The quantitative estimate of drug-likeness (QED) is 0.714. The normalized spacial score (nSPS) is 13.2. The molecule has 1 aromatic rings. The number of hydrogen-bond acceptors (Lipinski definition) is 3. The van der Waals surface area contributed by atoms with Gasteiger partial charge in [-0.2, -0.15) is 0 Å². The van der Waals surface area contributed by atoms with Crippen molar-refractivity contribution in [3.8, 4) is 5.75 Å². The van der Waals surface area contributed by atoms with Gasteiger partial charge < -0.3 is 4.84 Å². The van der Waals surface area contributed by atoms with Crippen LogP contribution in [0.5, 0.6) is 5.75 Å². The molecule has 1 aliphatic heterocycles. The molecule has 56 valence electrons. The summed E-state index contributed by atoms with van der Waals surface area (Å²) < 4.78 is 0.982. The third kappa shape index (κ3) is 1.21. The highest BCUT2D eigenvalue weighted by atomic mass is 79.9. The average molecular weight is 213 g/mol. The lowest BCUT2D eigenvalue weighted by molar-refractivity contribution is 0.263. The maximum atomic E-state index is 5.07. The molecule has 2 rings (SSSR count). The fourth-order valence-corrected chi connectivity index (χ4v) is 1.20. The largest absolute Gasteiger partial charge is 0.379 e. The first-order chi connectivity index (χ1) is 5.36. The van der Waals surface area contributed by atoms with Crippen molar-refractivity contribution in [2.45, 2.75) is 0 Å². The van der Waals surface area contributed by atoms with Crippen molar-refractivity contribution in [3.05, 3.63) is 22.7 Å². The predicted octanol–water partition coefficient (Wildman–Crippen LogP) is 2.01. The van der Waals surface area contributed by atoms with Gasteiger partial charge >= 0.3 is 0 Å². The minimum atomic E-state index is 0.738. The monoisotopic (exact) mass is 212 g/mol. The van der Waals surface area contributed by atoms with Crippen molar-refractivity contribution in [1.82, 2.24) is 5.48 Å². The van der Waals surface area contributed by atoms with Gasteiger partial charge in [0.05, 0.1) is 0 Å². The van der Waals surface area contributed by atoms with Crippen LogP contribution in [0.4, 0.5) is 5.69 Å². The number of hydrogen-bond donors (Lipinski definition) is 1. The van der Waals surface area contributed by atoms with E-state index in [1.54, 1.807) is 0 Å². The molecule has 4 heteroatoms. The minimum Gasteiger partial charge on any atom is -0.379 e. The van der Waals surface area contributed by atoms with Crippen LogP contribution in [-0.4, -0.2) is 6.34 Å². The maximum absolute atomic E-state index is 5.07. The first-order valence-corrected chi connectivity index (χ1v) is 3.90. The van der Waals surface area contributed by atoms with E-state index < -0.39 is 0 Å². The van der Waals surface area contributed by atoms with E-state index in [9.17, 15) is 0 Å². The van der Waals surface area contributed by atoms with Gasteiger partial charge in [-0.25, -0.2) is 10.5 Å². The molecule has 0 spiro atoms. The van der Waals surface area contributed by atoms with Crippen LogP contribution < -0.4 is 10.3 Å². The van der Waals surface area contributed by atoms with Crippen LogP contribution in [0.3, 0.4) is 0 Å². The number of nitrogens with zero attached hydrogens (tertiary/aromatic N) is 1. The van der Waals surface area contributed by atoms with Gasteiger partial charge in [-0.05, 0) is 18.2 Å². The number of benzene rings is 1. The van der Waals surface area contributed by atoms with Crippen LogP contribution in [0.1, 0.15) is 0 Å². The third-order valence-corrected chi connectivity index (χ3v) is 1.84. The van der Waals surface area contributed by atoms with Gasteiger partial charge in [-0.1, -0.05) is 15.9 Å². The molecule has 11 heavy (non-hydrogen) atoms. The lowest BCUT2D eigenvalue weighted by Gasteiger charge is -2.11. The molecule has 0 unspecified atom stereocenters. The summed E-state index contributed by atoms with van der Waals surface area (Å²) in [6.07, 6.45) is 1.51. The highest BCUT2D eigenvalue weighted by Crippen LogP contribution is 2.30. The predicted molar refractivity (Wildman–Crippen MR) is 46.1 cm³/mol. The van der Waals surface area contributed by atoms with E-state index in [0.717, 1.165) is 15.9 Å². The summed E-state index contributed by atoms with van der Waals surface area (Å²) in [5, 5.41) is 0. The summed E-state index contributed by atoms with van der Waals surface area (Å²) in [5.41, 5.74) is 3.40. The van der Waals surface area contributed by atoms with Gasteiger partial charge in [0.2, 0.25) is 0 Å². The van der Waals surface area contributed by atoms with Crippen LogP contribution in [0, 0.1) is 0 Å². The summed E-state index contributed by atoms with van der Waals surface area (Å²) in [6, 6.07) is 5.67. The molecule has 1 aliphatic rings. The van der Waals surface area contributed by atoms with E-state index in [1.807, 2.05) is 18.2 Å². The van der Waals surface area contributed by atoms with E-state index >= 15 is 0 Å². The number of halogens is 1. The molecular formula is C7H5BrN2O. The van der Waals surface area contributed by atoms with Crippen LogP contribution in [-0.2, 0) is 0 Å². The van der Waals surface area contributed by atoms with Crippen molar-refractivity contribution in [2.75, 3.05) is 0 Å². The molecule has 0 bridgehead atoms. The van der Waals surface area contributed by atoms with Gasteiger partial charge in [0.15, 0.2) is 5.75 Å². The van der Waals surface area contributed by atoms with E-state index in [0.29, 0.717) is 0 Å². The maximum Gasteiger partial charge on any atom is 0.181 e. The summed E-state index contributed by atoms with van der Waals surface area (Å²) in [6.45, 7) is 0. The van der Waals surface area contributed by atoms with Gasteiger partial charge in [-0.3, -0.25) is 0 Å². The summed E-state index contributed by atoms with van der Waals surface area (Å²) in [5.74, 6) is 0.738. The van der Waals surface area contributed by atoms with Gasteiger partial charge in [0.25, 0.3) is 0 Å². The Morgan fingerprint density at radius 1 is 1.45 bits per heavy atom. The summed E-state index contributed by atoms with van der Waals surface area (Å²) in [7, 11) is 0. The summed E-state index contributed by atoms with van der Waals surface area (Å²) in [4.78, 5) is 9.13. The Balaban J connectivity index is 2.53. The van der Waals surface area contributed by atoms with Gasteiger partial charge in [0.1, 0.15) is 12.0 Å². The molecule has 0 fully saturated rings. The minimum absolute atomic E-state index is 0.738. The molecule has 0 atom stereocenters. The zero-order valence-electron chi connectivity index (χ0n) is 5.54. The second kappa shape index (κ2) is 2.54. The molecule has 0 aliphatic carbocycles. The van der Waals surface area contributed by atoms with Crippen LogP contribution in [0.25, 0.3) is 0 Å². The van der Waals surface area contributed by atoms with E-state index in [-0.39, 0.29) is 0 Å². The van der Waals surface area contributed by atoms with E-state index in [4.69, 9.17) is 4.84 Å². The van der Waals surface area contributed by atoms with Crippen molar-refractivity contribution >= 4 is 28.0 Å². The fraction of sp³-hybridized carbons (Fsp3) is 0. The topological polar surface area (TPSA) is 33.6 Å². The zero-order valence-corrected chi connectivity index (χ0v) is 7.13. The Kier molecular flexibility index (Phi) is 1.54. The number of rotatable bonds is 0. The molecular weight excluding hydrogens is 208 g/mol. The Hall–Kier alpha value is -1.03. The SMILES string of the molecule is Brc1ccc2c(c1)ONC=N2.